The summed E-state index contributed by atoms with van der Waals surface area (Å²) in [5.41, 5.74) is 0.994. The minimum Gasteiger partial charge on any atom is -0.390 e. The highest BCUT2D eigenvalue weighted by Crippen LogP contribution is 2.18. The van der Waals surface area contributed by atoms with Crippen LogP contribution in [0.25, 0.3) is 0 Å². The first-order chi connectivity index (χ1) is 4.22. The van der Waals surface area contributed by atoms with Gasteiger partial charge >= 0.3 is 0 Å². The van der Waals surface area contributed by atoms with Gasteiger partial charge in [-0.25, -0.2) is 0 Å². The van der Waals surface area contributed by atoms with Crippen LogP contribution >= 0.6 is 0 Å². The molecule has 1 saturated heterocycles. The summed E-state index contributed by atoms with van der Waals surface area (Å²) in [5.74, 6) is 0.207. The van der Waals surface area contributed by atoms with Crippen LogP contribution in [-0.4, -0.2) is 24.4 Å². The molecule has 0 amide bonds. The highest BCUT2D eigenvalue weighted by Gasteiger charge is 2.21. The normalized spacial score (nSPS) is 36.9. The molecule has 1 heterocycles. The zero-order valence-corrected chi connectivity index (χ0v) is 5.63. The summed E-state index contributed by atoms with van der Waals surface area (Å²) in [6.45, 7) is 6.80. The molecule has 9 heavy (non-hydrogen) atoms. The van der Waals surface area contributed by atoms with Crippen molar-refractivity contribution in [2.24, 2.45) is 5.92 Å². The zero-order chi connectivity index (χ0) is 6.85. The number of aliphatic hydroxyl groups excluding tert-OH is 1. The van der Waals surface area contributed by atoms with E-state index in [0.717, 1.165) is 5.57 Å². The summed E-state index contributed by atoms with van der Waals surface area (Å²) >= 11 is 0. The average Bonchev–Trinajstić information content (AvgIpc) is 1.83. The number of hydrogen-bond acceptors (Lipinski definition) is 2. The molecule has 2 heteroatoms. The molecular formula is C7H12O2. The van der Waals surface area contributed by atoms with Crippen LogP contribution in [0.3, 0.4) is 0 Å². The van der Waals surface area contributed by atoms with E-state index >= 15 is 0 Å². The summed E-state index contributed by atoms with van der Waals surface area (Å²) in [5, 5.41) is 9.16. The van der Waals surface area contributed by atoms with Gasteiger partial charge in [-0.3, -0.25) is 0 Å². The van der Waals surface area contributed by atoms with E-state index in [1.54, 1.807) is 0 Å². The summed E-state index contributed by atoms with van der Waals surface area (Å²) in [6, 6.07) is 0. The molecule has 0 aromatic heterocycles. The predicted octanol–water partition coefficient (Wildman–Crippen LogP) is 0.570. The van der Waals surface area contributed by atoms with Crippen molar-refractivity contribution in [1.82, 2.24) is 0 Å². The molecule has 1 rings (SSSR count). The SMILES string of the molecule is C=C1COC[C@@H](O)[C@H]1C. The predicted molar refractivity (Wildman–Crippen MR) is 35.1 cm³/mol. The monoisotopic (exact) mass is 128 g/mol. The lowest BCUT2D eigenvalue weighted by Crippen LogP contribution is -2.31. The van der Waals surface area contributed by atoms with Crippen molar-refractivity contribution in [1.29, 1.82) is 0 Å². The Morgan fingerprint density at radius 2 is 2.44 bits per heavy atom. The second-order valence-corrected chi connectivity index (χ2v) is 2.53. The molecule has 0 radical (unpaired) electrons. The van der Waals surface area contributed by atoms with Crippen molar-refractivity contribution in [3.05, 3.63) is 12.2 Å². The van der Waals surface area contributed by atoms with E-state index in [4.69, 9.17) is 9.84 Å². The molecule has 1 fully saturated rings. The van der Waals surface area contributed by atoms with Crippen molar-refractivity contribution in [2.45, 2.75) is 13.0 Å². The molecule has 0 aromatic rings. The fourth-order valence-corrected chi connectivity index (χ4v) is 0.859. The lowest BCUT2D eigenvalue weighted by atomic mass is 9.95. The molecule has 0 saturated carbocycles. The third-order valence-electron chi connectivity index (χ3n) is 1.80. The quantitative estimate of drug-likeness (QED) is 0.483. The highest BCUT2D eigenvalue weighted by atomic mass is 16.5. The molecule has 1 aliphatic heterocycles. The Balaban J connectivity index is 2.51. The number of hydrogen-bond donors (Lipinski definition) is 1. The molecule has 1 aliphatic rings. The molecular weight excluding hydrogens is 116 g/mol. The molecule has 0 aromatic carbocycles. The van der Waals surface area contributed by atoms with Crippen molar-refractivity contribution >= 4 is 0 Å². The lowest BCUT2D eigenvalue weighted by molar-refractivity contribution is -0.00717. The van der Waals surface area contributed by atoms with Crippen LogP contribution in [0.4, 0.5) is 0 Å². The summed E-state index contributed by atoms with van der Waals surface area (Å²) in [4.78, 5) is 0. The van der Waals surface area contributed by atoms with E-state index in [1.165, 1.54) is 0 Å². The molecule has 0 bridgehead atoms. The number of aliphatic hydroxyl groups is 1. The van der Waals surface area contributed by atoms with Gasteiger partial charge in [0.25, 0.3) is 0 Å². The van der Waals surface area contributed by atoms with Crippen LogP contribution in [0.5, 0.6) is 0 Å². The Kier molecular flexibility index (Phi) is 1.88. The lowest BCUT2D eigenvalue weighted by Gasteiger charge is -2.26. The van der Waals surface area contributed by atoms with Gasteiger partial charge in [-0.05, 0) is 5.57 Å². The molecule has 2 nitrogen and oxygen atoms in total. The fourth-order valence-electron chi connectivity index (χ4n) is 0.859. The van der Waals surface area contributed by atoms with Gasteiger partial charge in [-0.2, -0.15) is 0 Å². The van der Waals surface area contributed by atoms with Gasteiger partial charge < -0.3 is 9.84 Å². The first-order valence-electron chi connectivity index (χ1n) is 3.15. The molecule has 0 unspecified atom stereocenters. The molecule has 2 atom stereocenters. The second kappa shape index (κ2) is 2.50. The Morgan fingerprint density at radius 3 is 2.89 bits per heavy atom. The zero-order valence-electron chi connectivity index (χ0n) is 5.63. The van der Waals surface area contributed by atoms with Gasteiger partial charge in [-0.15, -0.1) is 0 Å². The van der Waals surface area contributed by atoms with Crippen LogP contribution in [0, 0.1) is 5.92 Å². The Bertz CT molecular complexity index is 120. The molecule has 0 aliphatic carbocycles. The standard InChI is InChI=1S/C7H12O2/c1-5-3-9-4-7(8)6(5)2/h6-8H,1,3-4H2,2H3/t6-,7+/m0/s1. The van der Waals surface area contributed by atoms with E-state index in [2.05, 4.69) is 6.58 Å². The summed E-state index contributed by atoms with van der Waals surface area (Å²) in [7, 11) is 0. The maximum Gasteiger partial charge on any atom is 0.0837 e. The first-order valence-corrected chi connectivity index (χ1v) is 3.15. The summed E-state index contributed by atoms with van der Waals surface area (Å²) < 4.78 is 5.01. The van der Waals surface area contributed by atoms with E-state index < -0.39 is 0 Å². The van der Waals surface area contributed by atoms with Gasteiger partial charge in [0.2, 0.25) is 0 Å². The van der Waals surface area contributed by atoms with Crippen LogP contribution in [0.2, 0.25) is 0 Å². The van der Waals surface area contributed by atoms with E-state index in [-0.39, 0.29) is 12.0 Å². The van der Waals surface area contributed by atoms with Crippen LogP contribution in [0.15, 0.2) is 12.2 Å². The molecule has 52 valence electrons. The third-order valence-corrected chi connectivity index (χ3v) is 1.80. The van der Waals surface area contributed by atoms with Crippen molar-refractivity contribution < 1.29 is 9.84 Å². The van der Waals surface area contributed by atoms with Gasteiger partial charge in [0, 0.05) is 5.92 Å². The van der Waals surface area contributed by atoms with Crippen molar-refractivity contribution in [3.8, 4) is 0 Å². The Hall–Kier alpha value is -0.340. The highest BCUT2D eigenvalue weighted by molar-refractivity contribution is 5.04. The van der Waals surface area contributed by atoms with Crippen LogP contribution in [0.1, 0.15) is 6.92 Å². The smallest absolute Gasteiger partial charge is 0.0837 e. The van der Waals surface area contributed by atoms with Crippen molar-refractivity contribution in [2.75, 3.05) is 13.2 Å². The number of rotatable bonds is 0. The fraction of sp³-hybridized carbons (Fsp3) is 0.714. The van der Waals surface area contributed by atoms with Crippen LogP contribution in [-0.2, 0) is 4.74 Å². The summed E-state index contributed by atoms with van der Waals surface area (Å²) in [6.07, 6.45) is -0.341. The first kappa shape index (κ1) is 6.78. The minimum atomic E-state index is -0.341. The number of ether oxygens (including phenoxy) is 1. The van der Waals surface area contributed by atoms with Crippen molar-refractivity contribution in [3.63, 3.8) is 0 Å². The largest absolute Gasteiger partial charge is 0.390 e. The Labute approximate surface area is 55.1 Å². The Morgan fingerprint density at radius 1 is 1.78 bits per heavy atom. The topological polar surface area (TPSA) is 29.5 Å². The van der Waals surface area contributed by atoms with Gasteiger partial charge in [-0.1, -0.05) is 13.5 Å². The van der Waals surface area contributed by atoms with Gasteiger partial charge in [0.15, 0.2) is 0 Å². The maximum absolute atomic E-state index is 9.16. The van der Waals surface area contributed by atoms with E-state index in [9.17, 15) is 0 Å². The molecule has 0 spiro atoms. The minimum absolute atomic E-state index is 0.207. The van der Waals surface area contributed by atoms with E-state index in [1.807, 2.05) is 6.92 Å². The maximum atomic E-state index is 9.16. The van der Waals surface area contributed by atoms with Gasteiger partial charge in [0.05, 0.1) is 19.3 Å². The van der Waals surface area contributed by atoms with Gasteiger partial charge in [0.1, 0.15) is 0 Å². The van der Waals surface area contributed by atoms with E-state index in [0.29, 0.717) is 13.2 Å². The third kappa shape index (κ3) is 1.32. The molecule has 1 N–H and O–H groups in total. The second-order valence-electron chi connectivity index (χ2n) is 2.53. The van der Waals surface area contributed by atoms with Crippen LogP contribution < -0.4 is 0 Å². The average molecular weight is 128 g/mol.